The van der Waals surface area contributed by atoms with Crippen molar-refractivity contribution < 1.29 is 19.1 Å². The molecule has 0 saturated carbocycles. The van der Waals surface area contributed by atoms with Crippen LogP contribution in [0.4, 0.5) is 15.8 Å². The average molecular weight is 224 g/mol. The molecule has 0 fully saturated rings. The standard InChI is InChI=1S/C10H9FN2O3/c11-5-1-2-6-7(3-5)13-10(16)8(12-6)4-9(14)15/h1-3,8,12H,4H2,(H,13,16)(H,14,15). The van der Waals surface area contributed by atoms with Crippen LogP contribution in [0.3, 0.4) is 0 Å². The average Bonchev–Trinajstić information content (AvgIpc) is 2.19. The lowest BCUT2D eigenvalue weighted by Crippen LogP contribution is -2.40. The van der Waals surface area contributed by atoms with Gasteiger partial charge in [-0.15, -0.1) is 0 Å². The molecule has 6 heteroatoms. The Labute approximate surface area is 90.3 Å². The number of fused-ring (bicyclic) bond motifs is 1. The molecule has 2 rings (SSSR count). The van der Waals surface area contributed by atoms with Crippen molar-refractivity contribution in [1.29, 1.82) is 0 Å². The Morgan fingerprint density at radius 1 is 1.44 bits per heavy atom. The molecule has 0 aromatic heterocycles. The molecule has 3 N–H and O–H groups in total. The van der Waals surface area contributed by atoms with Crippen molar-refractivity contribution in [2.24, 2.45) is 0 Å². The van der Waals surface area contributed by atoms with Gasteiger partial charge in [0.15, 0.2) is 0 Å². The predicted octanol–water partition coefficient (Wildman–Crippen LogP) is 1.03. The molecule has 0 spiro atoms. The first-order valence-corrected chi connectivity index (χ1v) is 4.65. The molecule has 1 aromatic carbocycles. The van der Waals surface area contributed by atoms with Crippen LogP contribution >= 0.6 is 0 Å². The molecular weight excluding hydrogens is 215 g/mol. The monoisotopic (exact) mass is 224 g/mol. The third-order valence-corrected chi connectivity index (χ3v) is 2.26. The molecule has 1 aliphatic rings. The highest BCUT2D eigenvalue weighted by atomic mass is 19.1. The van der Waals surface area contributed by atoms with Crippen molar-refractivity contribution in [3.63, 3.8) is 0 Å². The molecule has 1 atom stereocenters. The first-order chi connectivity index (χ1) is 7.56. The molecule has 1 aliphatic heterocycles. The Balaban J connectivity index is 2.25. The molecule has 0 saturated heterocycles. The summed E-state index contributed by atoms with van der Waals surface area (Å²) < 4.78 is 12.9. The van der Waals surface area contributed by atoms with Gasteiger partial charge in [0.05, 0.1) is 17.8 Å². The quantitative estimate of drug-likeness (QED) is 0.701. The molecule has 5 nitrogen and oxygen atoms in total. The van der Waals surface area contributed by atoms with Gasteiger partial charge in [0.1, 0.15) is 11.9 Å². The zero-order valence-corrected chi connectivity index (χ0v) is 8.16. The number of nitrogens with one attached hydrogen (secondary N) is 2. The van der Waals surface area contributed by atoms with Gasteiger partial charge < -0.3 is 15.7 Å². The first-order valence-electron chi connectivity index (χ1n) is 4.65. The second kappa shape index (κ2) is 3.80. The highest BCUT2D eigenvalue weighted by Gasteiger charge is 2.27. The number of carboxylic acids is 1. The number of halogens is 1. The topological polar surface area (TPSA) is 78.4 Å². The molecule has 0 radical (unpaired) electrons. The lowest BCUT2D eigenvalue weighted by atomic mass is 10.1. The van der Waals surface area contributed by atoms with Gasteiger partial charge in [0.25, 0.3) is 0 Å². The Kier molecular flexibility index (Phi) is 2.47. The van der Waals surface area contributed by atoms with E-state index < -0.39 is 23.7 Å². The Hall–Kier alpha value is -2.11. The molecule has 0 aliphatic carbocycles. The minimum Gasteiger partial charge on any atom is -0.481 e. The highest BCUT2D eigenvalue weighted by molar-refractivity contribution is 6.04. The highest BCUT2D eigenvalue weighted by Crippen LogP contribution is 2.27. The lowest BCUT2D eigenvalue weighted by molar-refractivity contribution is -0.138. The van der Waals surface area contributed by atoms with Crippen molar-refractivity contribution in [1.82, 2.24) is 0 Å². The molecule has 1 aromatic rings. The van der Waals surface area contributed by atoms with Gasteiger partial charge in [-0.2, -0.15) is 0 Å². The molecular formula is C10H9FN2O3. The van der Waals surface area contributed by atoms with Crippen LogP contribution in [0.5, 0.6) is 0 Å². The summed E-state index contributed by atoms with van der Waals surface area (Å²) in [7, 11) is 0. The van der Waals surface area contributed by atoms with Gasteiger partial charge in [-0.25, -0.2) is 4.39 Å². The second-order valence-corrected chi connectivity index (χ2v) is 3.47. The summed E-state index contributed by atoms with van der Waals surface area (Å²) in [6, 6.07) is 3.05. The van der Waals surface area contributed by atoms with Gasteiger partial charge in [-0.05, 0) is 18.2 Å². The van der Waals surface area contributed by atoms with E-state index in [-0.39, 0.29) is 6.42 Å². The zero-order chi connectivity index (χ0) is 11.7. The van der Waals surface area contributed by atoms with Crippen LogP contribution < -0.4 is 10.6 Å². The van der Waals surface area contributed by atoms with Crippen LogP contribution in [0.25, 0.3) is 0 Å². The Morgan fingerprint density at radius 2 is 2.19 bits per heavy atom. The fourth-order valence-corrected chi connectivity index (χ4v) is 1.54. The third kappa shape index (κ3) is 1.95. The SMILES string of the molecule is O=C(O)CC1Nc2ccc(F)cc2NC1=O. The van der Waals surface area contributed by atoms with Crippen LogP contribution in [0.1, 0.15) is 6.42 Å². The molecule has 84 valence electrons. The molecule has 16 heavy (non-hydrogen) atoms. The normalized spacial score (nSPS) is 18.3. The summed E-state index contributed by atoms with van der Waals surface area (Å²) in [5.41, 5.74) is 0.846. The smallest absolute Gasteiger partial charge is 0.305 e. The molecule has 1 amide bonds. The summed E-state index contributed by atoms with van der Waals surface area (Å²) >= 11 is 0. The van der Waals surface area contributed by atoms with Crippen molar-refractivity contribution in [3.05, 3.63) is 24.0 Å². The van der Waals surface area contributed by atoms with E-state index in [2.05, 4.69) is 10.6 Å². The second-order valence-electron chi connectivity index (χ2n) is 3.47. The van der Waals surface area contributed by atoms with E-state index in [1.165, 1.54) is 18.2 Å². The largest absolute Gasteiger partial charge is 0.481 e. The van der Waals surface area contributed by atoms with E-state index >= 15 is 0 Å². The van der Waals surface area contributed by atoms with Crippen molar-refractivity contribution in [2.75, 3.05) is 10.6 Å². The minimum absolute atomic E-state index is 0.317. The Morgan fingerprint density at radius 3 is 2.88 bits per heavy atom. The van der Waals surface area contributed by atoms with Gasteiger partial charge in [-0.1, -0.05) is 0 Å². The van der Waals surface area contributed by atoms with E-state index in [0.717, 1.165) is 0 Å². The number of benzene rings is 1. The number of carbonyl (C=O) groups is 2. The maximum absolute atomic E-state index is 12.9. The summed E-state index contributed by atoms with van der Waals surface area (Å²) in [5, 5.41) is 13.8. The van der Waals surface area contributed by atoms with E-state index in [0.29, 0.717) is 11.4 Å². The summed E-state index contributed by atoms with van der Waals surface area (Å²) in [6.45, 7) is 0. The summed E-state index contributed by atoms with van der Waals surface area (Å²) in [4.78, 5) is 21.9. The third-order valence-electron chi connectivity index (χ3n) is 2.26. The summed E-state index contributed by atoms with van der Waals surface area (Å²) in [5.74, 6) is -2.00. The van der Waals surface area contributed by atoms with Crippen molar-refractivity contribution >= 4 is 23.3 Å². The maximum atomic E-state index is 12.9. The molecule has 0 bridgehead atoms. The van der Waals surface area contributed by atoms with Gasteiger partial charge in [-0.3, -0.25) is 9.59 Å². The van der Waals surface area contributed by atoms with Crippen LogP contribution in [-0.2, 0) is 9.59 Å². The molecule has 1 unspecified atom stereocenters. The fourth-order valence-electron chi connectivity index (χ4n) is 1.54. The maximum Gasteiger partial charge on any atom is 0.305 e. The summed E-state index contributed by atoms with van der Waals surface area (Å²) in [6.07, 6.45) is -0.317. The number of aliphatic carboxylic acids is 1. The number of carboxylic acid groups (broad SMARTS) is 1. The van der Waals surface area contributed by atoms with E-state index in [1.807, 2.05) is 0 Å². The fraction of sp³-hybridized carbons (Fsp3) is 0.200. The van der Waals surface area contributed by atoms with Gasteiger partial charge >= 0.3 is 5.97 Å². The first kappa shape index (κ1) is 10.4. The van der Waals surface area contributed by atoms with Crippen LogP contribution in [0.2, 0.25) is 0 Å². The van der Waals surface area contributed by atoms with Crippen molar-refractivity contribution in [3.8, 4) is 0 Å². The van der Waals surface area contributed by atoms with E-state index in [4.69, 9.17) is 5.11 Å². The van der Waals surface area contributed by atoms with Crippen LogP contribution in [-0.4, -0.2) is 23.0 Å². The lowest BCUT2D eigenvalue weighted by Gasteiger charge is -2.25. The number of rotatable bonds is 2. The van der Waals surface area contributed by atoms with Crippen molar-refractivity contribution in [2.45, 2.75) is 12.5 Å². The Bertz CT molecular complexity index is 461. The van der Waals surface area contributed by atoms with Crippen LogP contribution in [0, 0.1) is 5.82 Å². The van der Waals surface area contributed by atoms with Gasteiger partial charge in [0, 0.05) is 0 Å². The van der Waals surface area contributed by atoms with Gasteiger partial charge in [0.2, 0.25) is 5.91 Å². The van der Waals surface area contributed by atoms with E-state index in [1.54, 1.807) is 0 Å². The predicted molar refractivity (Wildman–Crippen MR) is 54.7 cm³/mol. The molecule has 1 heterocycles. The number of anilines is 2. The number of hydrogen-bond donors (Lipinski definition) is 3. The number of amides is 1. The number of hydrogen-bond acceptors (Lipinski definition) is 3. The number of carbonyl (C=O) groups excluding carboxylic acids is 1. The minimum atomic E-state index is -1.07. The van der Waals surface area contributed by atoms with E-state index in [9.17, 15) is 14.0 Å². The zero-order valence-electron chi connectivity index (χ0n) is 8.16. The van der Waals surface area contributed by atoms with Crippen LogP contribution in [0.15, 0.2) is 18.2 Å².